The van der Waals surface area contributed by atoms with Crippen molar-refractivity contribution in [2.45, 2.75) is 32.0 Å². The van der Waals surface area contributed by atoms with E-state index in [2.05, 4.69) is 0 Å². The van der Waals surface area contributed by atoms with Crippen molar-refractivity contribution < 1.29 is 14.6 Å². The van der Waals surface area contributed by atoms with Gasteiger partial charge in [-0.15, -0.1) is 0 Å². The highest BCUT2D eigenvalue weighted by Gasteiger charge is 2.29. The third-order valence-electron chi connectivity index (χ3n) is 2.82. The fourth-order valence-corrected chi connectivity index (χ4v) is 1.74. The lowest BCUT2D eigenvalue weighted by Crippen LogP contribution is -2.43. The Bertz CT molecular complexity index is 202. The van der Waals surface area contributed by atoms with Crippen LogP contribution in [0.25, 0.3) is 0 Å². The third kappa shape index (κ3) is 2.69. The van der Waals surface area contributed by atoms with Gasteiger partial charge in [0.05, 0.1) is 6.10 Å². The number of carbonyl (C=O) groups is 1. The fourth-order valence-electron chi connectivity index (χ4n) is 1.74. The molecule has 1 amide bonds. The Morgan fingerprint density at radius 2 is 2.21 bits per heavy atom. The number of hydrogen-bond acceptors (Lipinski definition) is 3. The van der Waals surface area contributed by atoms with Crippen molar-refractivity contribution in [2.24, 2.45) is 5.92 Å². The molecule has 1 saturated carbocycles. The minimum atomic E-state index is -0.370. The van der Waals surface area contributed by atoms with E-state index in [9.17, 15) is 4.79 Å². The van der Waals surface area contributed by atoms with E-state index in [0.29, 0.717) is 5.92 Å². The van der Waals surface area contributed by atoms with Gasteiger partial charge in [0.15, 0.2) is 0 Å². The van der Waals surface area contributed by atoms with Crippen molar-refractivity contribution in [3.63, 3.8) is 0 Å². The van der Waals surface area contributed by atoms with Gasteiger partial charge in [-0.3, -0.25) is 4.79 Å². The average Bonchev–Trinajstić information content (AvgIpc) is 2.12. The molecule has 1 atom stereocenters. The molecule has 0 aromatic heterocycles. The zero-order valence-electron chi connectivity index (χ0n) is 9.06. The largest absolute Gasteiger partial charge is 0.393 e. The molecule has 1 aliphatic rings. The normalized spacial score (nSPS) is 28.0. The number of aliphatic hydroxyl groups is 1. The van der Waals surface area contributed by atoms with Gasteiger partial charge in [-0.2, -0.15) is 0 Å². The van der Waals surface area contributed by atoms with Gasteiger partial charge in [0, 0.05) is 20.7 Å². The van der Waals surface area contributed by atoms with Crippen molar-refractivity contribution >= 4 is 5.91 Å². The van der Waals surface area contributed by atoms with Gasteiger partial charge in [-0.1, -0.05) is 0 Å². The molecule has 1 rings (SSSR count). The Kier molecular flexibility index (Phi) is 3.89. The highest BCUT2D eigenvalue weighted by Crippen LogP contribution is 2.27. The zero-order chi connectivity index (χ0) is 10.7. The lowest BCUT2D eigenvalue weighted by Gasteiger charge is -2.34. The maximum atomic E-state index is 11.6. The van der Waals surface area contributed by atoms with Crippen LogP contribution in [0, 0.1) is 5.92 Å². The molecule has 82 valence electrons. The topological polar surface area (TPSA) is 49.8 Å². The van der Waals surface area contributed by atoms with E-state index >= 15 is 0 Å². The highest BCUT2D eigenvalue weighted by atomic mass is 16.5. The standard InChI is InChI=1S/C10H19NO3/c1-7(14-3)10(13)11(2)6-8-4-9(12)5-8/h7-9,12H,4-6H2,1-3H3. The molecule has 1 N–H and O–H groups in total. The van der Waals surface area contributed by atoms with Gasteiger partial charge in [-0.05, 0) is 25.7 Å². The minimum absolute atomic E-state index is 0.00823. The second-order valence-electron chi connectivity index (χ2n) is 4.09. The first-order valence-corrected chi connectivity index (χ1v) is 5.00. The molecule has 0 aromatic carbocycles. The summed E-state index contributed by atoms with van der Waals surface area (Å²) in [4.78, 5) is 13.3. The minimum Gasteiger partial charge on any atom is -0.393 e. The van der Waals surface area contributed by atoms with E-state index in [1.807, 2.05) is 0 Å². The van der Waals surface area contributed by atoms with E-state index in [1.165, 1.54) is 7.11 Å². The molecule has 0 saturated heterocycles. The number of likely N-dealkylation sites (N-methyl/N-ethyl adjacent to an activating group) is 1. The number of carbonyl (C=O) groups excluding carboxylic acids is 1. The summed E-state index contributed by atoms with van der Waals surface area (Å²) < 4.78 is 4.95. The Morgan fingerprint density at radius 1 is 1.64 bits per heavy atom. The molecule has 0 heterocycles. The van der Waals surface area contributed by atoms with Crippen LogP contribution in [0.3, 0.4) is 0 Å². The SMILES string of the molecule is COC(C)C(=O)N(C)CC1CC(O)C1. The van der Waals surface area contributed by atoms with Crippen LogP contribution in [0.1, 0.15) is 19.8 Å². The van der Waals surface area contributed by atoms with E-state index in [1.54, 1.807) is 18.9 Å². The summed E-state index contributed by atoms with van der Waals surface area (Å²) >= 11 is 0. The van der Waals surface area contributed by atoms with Crippen LogP contribution in [0.5, 0.6) is 0 Å². The molecule has 1 aliphatic carbocycles. The lowest BCUT2D eigenvalue weighted by atomic mass is 9.82. The summed E-state index contributed by atoms with van der Waals surface area (Å²) in [6.07, 6.45) is 1.12. The van der Waals surface area contributed by atoms with Crippen molar-refractivity contribution in [1.82, 2.24) is 4.90 Å². The molecule has 0 spiro atoms. The van der Waals surface area contributed by atoms with Gasteiger partial charge in [0.2, 0.25) is 0 Å². The number of amides is 1. The van der Waals surface area contributed by atoms with Crippen LogP contribution in [-0.2, 0) is 9.53 Å². The molecule has 4 heteroatoms. The van der Waals surface area contributed by atoms with E-state index < -0.39 is 0 Å². The first-order chi connectivity index (χ1) is 6.54. The van der Waals surface area contributed by atoms with Crippen LogP contribution in [0.4, 0.5) is 0 Å². The molecule has 0 bridgehead atoms. The molecular formula is C10H19NO3. The fraction of sp³-hybridized carbons (Fsp3) is 0.900. The van der Waals surface area contributed by atoms with Crippen LogP contribution in [-0.4, -0.2) is 48.8 Å². The number of rotatable bonds is 4. The predicted molar refractivity (Wildman–Crippen MR) is 52.8 cm³/mol. The predicted octanol–water partition coefficient (Wildman–Crippen LogP) is 0.251. The summed E-state index contributed by atoms with van der Waals surface area (Å²) in [5, 5.41) is 9.10. The van der Waals surface area contributed by atoms with Gasteiger partial charge in [0.25, 0.3) is 5.91 Å². The van der Waals surface area contributed by atoms with Gasteiger partial charge < -0.3 is 14.7 Å². The number of hydrogen-bond donors (Lipinski definition) is 1. The number of aliphatic hydroxyl groups excluding tert-OH is 1. The molecule has 4 nitrogen and oxygen atoms in total. The van der Waals surface area contributed by atoms with Crippen molar-refractivity contribution in [3.05, 3.63) is 0 Å². The Balaban J connectivity index is 2.27. The van der Waals surface area contributed by atoms with E-state index in [-0.39, 0.29) is 18.1 Å². The highest BCUT2D eigenvalue weighted by molar-refractivity contribution is 5.80. The quantitative estimate of drug-likeness (QED) is 0.709. The number of nitrogens with zero attached hydrogens (tertiary/aromatic N) is 1. The van der Waals surface area contributed by atoms with E-state index in [4.69, 9.17) is 9.84 Å². The molecule has 14 heavy (non-hydrogen) atoms. The van der Waals surface area contributed by atoms with Gasteiger partial charge >= 0.3 is 0 Å². The Morgan fingerprint density at radius 3 is 2.64 bits per heavy atom. The van der Waals surface area contributed by atoms with Crippen molar-refractivity contribution in [3.8, 4) is 0 Å². The second kappa shape index (κ2) is 4.75. The maximum absolute atomic E-state index is 11.6. The molecule has 0 aliphatic heterocycles. The molecule has 1 unspecified atom stereocenters. The maximum Gasteiger partial charge on any atom is 0.251 e. The van der Waals surface area contributed by atoms with Gasteiger partial charge in [0.1, 0.15) is 6.10 Å². The average molecular weight is 201 g/mol. The lowest BCUT2D eigenvalue weighted by molar-refractivity contribution is -0.141. The van der Waals surface area contributed by atoms with Crippen LogP contribution in [0.15, 0.2) is 0 Å². The number of ether oxygens (including phenoxy) is 1. The first kappa shape index (κ1) is 11.5. The summed E-state index contributed by atoms with van der Waals surface area (Å²) in [5.41, 5.74) is 0. The Labute approximate surface area is 84.8 Å². The summed E-state index contributed by atoms with van der Waals surface area (Å²) in [6, 6.07) is 0. The monoisotopic (exact) mass is 201 g/mol. The first-order valence-electron chi connectivity index (χ1n) is 5.00. The summed E-state index contributed by atoms with van der Waals surface area (Å²) in [5.74, 6) is 0.469. The van der Waals surface area contributed by atoms with Gasteiger partial charge in [-0.25, -0.2) is 0 Å². The third-order valence-corrected chi connectivity index (χ3v) is 2.82. The zero-order valence-corrected chi connectivity index (χ0v) is 9.06. The molecule has 0 aromatic rings. The Hall–Kier alpha value is -0.610. The number of methoxy groups -OCH3 is 1. The molecular weight excluding hydrogens is 182 g/mol. The van der Waals surface area contributed by atoms with Crippen molar-refractivity contribution in [1.29, 1.82) is 0 Å². The van der Waals surface area contributed by atoms with E-state index in [0.717, 1.165) is 19.4 Å². The van der Waals surface area contributed by atoms with Crippen LogP contribution >= 0.6 is 0 Å². The summed E-state index contributed by atoms with van der Waals surface area (Å²) in [6.45, 7) is 2.47. The molecule has 0 radical (unpaired) electrons. The second-order valence-corrected chi connectivity index (χ2v) is 4.09. The molecule has 1 fully saturated rings. The summed E-state index contributed by atoms with van der Waals surface area (Å²) in [7, 11) is 3.31. The van der Waals surface area contributed by atoms with Crippen LogP contribution in [0.2, 0.25) is 0 Å². The van der Waals surface area contributed by atoms with Crippen LogP contribution < -0.4 is 0 Å². The smallest absolute Gasteiger partial charge is 0.251 e. The van der Waals surface area contributed by atoms with Crippen molar-refractivity contribution in [2.75, 3.05) is 20.7 Å².